The van der Waals surface area contributed by atoms with Crippen LogP contribution in [0.15, 0.2) is 36.7 Å². The van der Waals surface area contributed by atoms with Crippen molar-refractivity contribution >= 4 is 0 Å². The smallest absolute Gasteiger partial charge is 0.0860 e. The number of aliphatic hydroxyl groups is 1. The summed E-state index contributed by atoms with van der Waals surface area (Å²) in [5, 5.41) is 14.4. The number of aromatic nitrogens is 2. The minimum absolute atomic E-state index is 0.475. The standard InChI is InChI=1S/C15H20N2O/c1-3-7-17-11-14(10-16-17)15(18)9-13-6-4-5-12(2)8-13/h4-6,8,10-11,15,18H,3,7,9H2,1-2H3. The maximum absolute atomic E-state index is 10.2. The van der Waals surface area contributed by atoms with Crippen molar-refractivity contribution in [1.29, 1.82) is 0 Å². The van der Waals surface area contributed by atoms with Gasteiger partial charge in [0.1, 0.15) is 0 Å². The molecule has 1 aromatic carbocycles. The Kier molecular flexibility index (Phi) is 4.15. The van der Waals surface area contributed by atoms with E-state index in [4.69, 9.17) is 0 Å². The first kappa shape index (κ1) is 12.8. The van der Waals surface area contributed by atoms with Crippen molar-refractivity contribution in [2.45, 2.75) is 39.3 Å². The van der Waals surface area contributed by atoms with Crippen molar-refractivity contribution in [2.24, 2.45) is 0 Å². The van der Waals surface area contributed by atoms with E-state index in [2.05, 4.69) is 31.1 Å². The van der Waals surface area contributed by atoms with Gasteiger partial charge in [0.2, 0.25) is 0 Å². The SMILES string of the molecule is CCCn1cc(C(O)Cc2cccc(C)c2)cn1. The van der Waals surface area contributed by atoms with Gasteiger partial charge in [-0.2, -0.15) is 5.10 Å². The molecule has 0 amide bonds. The van der Waals surface area contributed by atoms with Crippen molar-refractivity contribution in [3.05, 3.63) is 53.3 Å². The van der Waals surface area contributed by atoms with Crippen LogP contribution in [0.3, 0.4) is 0 Å². The molecule has 0 aliphatic rings. The van der Waals surface area contributed by atoms with Crippen LogP contribution in [0.1, 0.15) is 36.1 Å². The summed E-state index contributed by atoms with van der Waals surface area (Å²) in [7, 11) is 0. The number of rotatable bonds is 5. The molecule has 1 atom stereocenters. The van der Waals surface area contributed by atoms with E-state index in [0.717, 1.165) is 24.1 Å². The second-order valence-electron chi connectivity index (χ2n) is 4.75. The highest BCUT2D eigenvalue weighted by atomic mass is 16.3. The van der Waals surface area contributed by atoms with Gasteiger partial charge in [0.05, 0.1) is 12.3 Å². The third kappa shape index (κ3) is 3.20. The van der Waals surface area contributed by atoms with Crippen LogP contribution in [0.4, 0.5) is 0 Å². The van der Waals surface area contributed by atoms with Crippen molar-refractivity contribution < 1.29 is 5.11 Å². The summed E-state index contributed by atoms with van der Waals surface area (Å²) in [5.74, 6) is 0. The number of hydrogen-bond acceptors (Lipinski definition) is 2. The summed E-state index contributed by atoms with van der Waals surface area (Å²) in [6.45, 7) is 5.08. The second-order valence-corrected chi connectivity index (χ2v) is 4.75. The number of aryl methyl sites for hydroxylation is 2. The molecule has 3 heteroatoms. The van der Waals surface area contributed by atoms with Crippen LogP contribution in [0.25, 0.3) is 0 Å². The van der Waals surface area contributed by atoms with E-state index in [1.807, 2.05) is 23.0 Å². The Labute approximate surface area is 108 Å². The summed E-state index contributed by atoms with van der Waals surface area (Å²) >= 11 is 0. The maximum Gasteiger partial charge on any atom is 0.0860 e. The van der Waals surface area contributed by atoms with E-state index in [1.54, 1.807) is 6.20 Å². The van der Waals surface area contributed by atoms with Crippen LogP contribution in [0.5, 0.6) is 0 Å². The summed E-state index contributed by atoms with van der Waals surface area (Å²) in [4.78, 5) is 0. The lowest BCUT2D eigenvalue weighted by Crippen LogP contribution is -2.01. The van der Waals surface area contributed by atoms with Gasteiger partial charge in [0.15, 0.2) is 0 Å². The highest BCUT2D eigenvalue weighted by molar-refractivity contribution is 5.24. The zero-order valence-electron chi connectivity index (χ0n) is 11.0. The van der Waals surface area contributed by atoms with Crippen LogP contribution in [0, 0.1) is 6.92 Å². The minimum atomic E-state index is -0.475. The van der Waals surface area contributed by atoms with Gasteiger partial charge < -0.3 is 5.11 Å². The Bertz CT molecular complexity index is 505. The van der Waals surface area contributed by atoms with Crippen LogP contribution < -0.4 is 0 Å². The zero-order valence-corrected chi connectivity index (χ0v) is 11.0. The molecule has 0 aliphatic carbocycles. The average molecular weight is 244 g/mol. The molecule has 0 fully saturated rings. The van der Waals surface area contributed by atoms with Gasteiger partial charge in [-0.05, 0) is 18.9 Å². The van der Waals surface area contributed by atoms with E-state index in [9.17, 15) is 5.11 Å². The first-order valence-corrected chi connectivity index (χ1v) is 6.45. The van der Waals surface area contributed by atoms with Crippen LogP contribution in [0.2, 0.25) is 0 Å². The second kappa shape index (κ2) is 5.83. The van der Waals surface area contributed by atoms with Gasteiger partial charge in [-0.3, -0.25) is 4.68 Å². The predicted molar refractivity (Wildman–Crippen MR) is 72.4 cm³/mol. The van der Waals surface area contributed by atoms with Crippen LogP contribution in [-0.4, -0.2) is 14.9 Å². The molecule has 3 nitrogen and oxygen atoms in total. The normalized spacial score (nSPS) is 12.6. The van der Waals surface area contributed by atoms with E-state index in [1.165, 1.54) is 5.56 Å². The fraction of sp³-hybridized carbons (Fsp3) is 0.400. The molecule has 1 N–H and O–H groups in total. The molecule has 0 radical (unpaired) electrons. The molecule has 0 bridgehead atoms. The highest BCUT2D eigenvalue weighted by Gasteiger charge is 2.10. The van der Waals surface area contributed by atoms with Gasteiger partial charge in [0.25, 0.3) is 0 Å². The molecule has 18 heavy (non-hydrogen) atoms. The number of hydrogen-bond donors (Lipinski definition) is 1. The molecule has 96 valence electrons. The lowest BCUT2D eigenvalue weighted by molar-refractivity contribution is 0.178. The first-order chi connectivity index (χ1) is 8.69. The molecule has 1 heterocycles. The Hall–Kier alpha value is -1.61. The van der Waals surface area contributed by atoms with Gasteiger partial charge in [-0.1, -0.05) is 36.8 Å². The molecule has 0 saturated heterocycles. The molecule has 1 aromatic heterocycles. The molecule has 0 aliphatic heterocycles. The summed E-state index contributed by atoms with van der Waals surface area (Å²) in [6, 6.07) is 8.25. The van der Waals surface area contributed by atoms with E-state index >= 15 is 0 Å². The monoisotopic (exact) mass is 244 g/mol. The molecule has 0 saturated carbocycles. The fourth-order valence-electron chi connectivity index (χ4n) is 2.08. The number of nitrogens with zero attached hydrogens (tertiary/aromatic N) is 2. The highest BCUT2D eigenvalue weighted by Crippen LogP contribution is 2.18. The van der Waals surface area contributed by atoms with Crippen molar-refractivity contribution in [1.82, 2.24) is 9.78 Å². The summed E-state index contributed by atoms with van der Waals surface area (Å²) < 4.78 is 1.88. The molecular weight excluding hydrogens is 224 g/mol. The van der Waals surface area contributed by atoms with Gasteiger partial charge in [-0.15, -0.1) is 0 Å². The molecular formula is C15H20N2O. The average Bonchev–Trinajstić information content (AvgIpc) is 2.78. The van der Waals surface area contributed by atoms with Crippen molar-refractivity contribution in [3.8, 4) is 0 Å². The van der Waals surface area contributed by atoms with Gasteiger partial charge in [0, 0.05) is 24.7 Å². The topological polar surface area (TPSA) is 38.0 Å². The first-order valence-electron chi connectivity index (χ1n) is 6.45. The Morgan fingerprint density at radius 2 is 2.22 bits per heavy atom. The predicted octanol–water partition coefficient (Wildman–Crippen LogP) is 2.88. The number of benzene rings is 1. The Balaban J connectivity index is 2.04. The third-order valence-electron chi connectivity index (χ3n) is 3.00. The summed E-state index contributed by atoms with van der Waals surface area (Å²) in [6.07, 6.45) is 4.91. The van der Waals surface area contributed by atoms with Crippen LogP contribution >= 0.6 is 0 Å². The molecule has 0 spiro atoms. The molecule has 2 aromatic rings. The molecule has 1 unspecified atom stereocenters. The van der Waals surface area contributed by atoms with E-state index < -0.39 is 6.10 Å². The van der Waals surface area contributed by atoms with E-state index in [-0.39, 0.29) is 0 Å². The maximum atomic E-state index is 10.2. The third-order valence-corrected chi connectivity index (χ3v) is 3.00. The van der Waals surface area contributed by atoms with E-state index in [0.29, 0.717) is 6.42 Å². The largest absolute Gasteiger partial charge is 0.388 e. The lowest BCUT2D eigenvalue weighted by atomic mass is 10.0. The molecule has 2 rings (SSSR count). The van der Waals surface area contributed by atoms with Crippen LogP contribution in [-0.2, 0) is 13.0 Å². The van der Waals surface area contributed by atoms with Crippen molar-refractivity contribution in [3.63, 3.8) is 0 Å². The summed E-state index contributed by atoms with van der Waals surface area (Å²) in [5.41, 5.74) is 3.28. The fourth-order valence-corrected chi connectivity index (χ4v) is 2.08. The Morgan fingerprint density at radius 1 is 1.39 bits per heavy atom. The van der Waals surface area contributed by atoms with Gasteiger partial charge in [-0.25, -0.2) is 0 Å². The lowest BCUT2D eigenvalue weighted by Gasteiger charge is -2.08. The quantitative estimate of drug-likeness (QED) is 0.878. The van der Waals surface area contributed by atoms with Gasteiger partial charge >= 0.3 is 0 Å². The number of aliphatic hydroxyl groups excluding tert-OH is 1. The Morgan fingerprint density at radius 3 is 2.94 bits per heavy atom. The van der Waals surface area contributed by atoms with Crippen molar-refractivity contribution in [2.75, 3.05) is 0 Å². The zero-order chi connectivity index (χ0) is 13.0. The minimum Gasteiger partial charge on any atom is -0.388 e.